The largest absolute Gasteiger partial charge is 0.486 e. The highest BCUT2D eigenvalue weighted by Crippen LogP contribution is 2.44. The topological polar surface area (TPSA) is 75.3 Å². The van der Waals surface area contributed by atoms with E-state index in [0.717, 1.165) is 5.56 Å². The van der Waals surface area contributed by atoms with Gasteiger partial charge in [-0.3, -0.25) is 0 Å². The Morgan fingerprint density at radius 3 is 2.36 bits per heavy atom. The Labute approximate surface area is 147 Å². The van der Waals surface area contributed by atoms with Crippen LogP contribution in [0.3, 0.4) is 0 Å². The summed E-state index contributed by atoms with van der Waals surface area (Å²) in [4.78, 5) is 0. The lowest BCUT2D eigenvalue weighted by Crippen LogP contribution is -2.23. The minimum atomic E-state index is -0.282. The van der Waals surface area contributed by atoms with Crippen LogP contribution in [0, 0.1) is 22.7 Å². The van der Waals surface area contributed by atoms with E-state index >= 15 is 0 Å². The quantitative estimate of drug-likeness (QED) is 0.827. The molecule has 2 aromatic carbocycles. The van der Waals surface area contributed by atoms with Gasteiger partial charge in [0.15, 0.2) is 11.5 Å². The molecule has 25 heavy (non-hydrogen) atoms. The zero-order valence-corrected chi connectivity index (χ0v) is 14.4. The highest BCUT2D eigenvalue weighted by atomic mass is 16.6. The number of nitriles is 2. The van der Waals surface area contributed by atoms with Crippen LogP contribution in [-0.4, -0.2) is 12.2 Å². The average molecular weight is 334 g/mol. The van der Waals surface area contributed by atoms with E-state index in [1.165, 1.54) is 6.07 Å². The first-order valence-electron chi connectivity index (χ1n) is 7.96. The van der Waals surface area contributed by atoms with Crippen LogP contribution in [0.4, 0.5) is 0 Å². The molecule has 0 spiro atoms. The summed E-state index contributed by atoms with van der Waals surface area (Å²) in [5, 5.41) is 18.2. The maximum absolute atomic E-state index is 9.09. The van der Waals surface area contributed by atoms with Crippen molar-refractivity contribution in [1.29, 1.82) is 10.5 Å². The first kappa shape index (κ1) is 16.8. The van der Waals surface area contributed by atoms with Crippen molar-refractivity contribution < 1.29 is 14.2 Å². The molecule has 0 saturated heterocycles. The Morgan fingerprint density at radius 2 is 1.76 bits per heavy atom. The van der Waals surface area contributed by atoms with Crippen molar-refractivity contribution in [3.63, 3.8) is 0 Å². The summed E-state index contributed by atoms with van der Waals surface area (Å²) in [5.74, 6) is 1.60. The zero-order chi connectivity index (χ0) is 18.0. The molecular formula is C20H18N2O3. The highest BCUT2D eigenvalue weighted by molar-refractivity contribution is 5.53. The summed E-state index contributed by atoms with van der Waals surface area (Å²) < 4.78 is 17.7. The van der Waals surface area contributed by atoms with E-state index in [0.29, 0.717) is 35.0 Å². The van der Waals surface area contributed by atoms with Gasteiger partial charge in [0.25, 0.3) is 0 Å². The molecule has 0 radical (unpaired) electrons. The molecule has 0 bridgehead atoms. The monoisotopic (exact) mass is 334 g/mol. The van der Waals surface area contributed by atoms with Crippen LogP contribution < -0.4 is 9.47 Å². The number of rotatable bonds is 3. The predicted molar refractivity (Wildman–Crippen MR) is 91.5 cm³/mol. The molecule has 0 unspecified atom stereocenters. The van der Waals surface area contributed by atoms with Crippen LogP contribution >= 0.6 is 0 Å². The second kappa shape index (κ2) is 6.47. The number of ether oxygens (including phenoxy) is 3. The van der Waals surface area contributed by atoms with E-state index in [1.807, 2.05) is 45.0 Å². The van der Waals surface area contributed by atoms with Crippen molar-refractivity contribution in [2.75, 3.05) is 6.61 Å². The van der Waals surface area contributed by atoms with E-state index in [2.05, 4.69) is 0 Å². The van der Waals surface area contributed by atoms with E-state index in [9.17, 15) is 0 Å². The normalized spacial score (nSPS) is 15.6. The summed E-state index contributed by atoms with van der Waals surface area (Å²) in [6, 6.07) is 14.4. The second-order valence-electron chi connectivity index (χ2n) is 6.78. The SMILES string of the molecule is CC(C)(C)O[C@@H]1COc2c(Oc3cc(C#N)cc(C#N)c3)cccc21. The number of fused-ring (bicyclic) bond motifs is 1. The van der Waals surface area contributed by atoms with Gasteiger partial charge in [-0.05, 0) is 45.0 Å². The van der Waals surface area contributed by atoms with Gasteiger partial charge in [-0.15, -0.1) is 0 Å². The van der Waals surface area contributed by atoms with E-state index in [4.69, 9.17) is 24.7 Å². The first-order chi connectivity index (χ1) is 11.9. The Bertz CT molecular complexity index is 853. The van der Waals surface area contributed by atoms with E-state index in [1.54, 1.807) is 18.2 Å². The molecule has 0 fully saturated rings. The van der Waals surface area contributed by atoms with Crippen LogP contribution in [0.5, 0.6) is 17.2 Å². The lowest BCUT2D eigenvalue weighted by Gasteiger charge is -2.24. The van der Waals surface area contributed by atoms with Crippen LogP contribution in [0.15, 0.2) is 36.4 Å². The fourth-order valence-electron chi connectivity index (χ4n) is 2.71. The van der Waals surface area contributed by atoms with Crippen molar-refractivity contribution in [2.45, 2.75) is 32.5 Å². The first-order valence-corrected chi connectivity index (χ1v) is 7.96. The van der Waals surface area contributed by atoms with Crippen LogP contribution in [0.1, 0.15) is 43.6 Å². The maximum atomic E-state index is 9.09. The molecule has 0 amide bonds. The van der Waals surface area contributed by atoms with Crippen molar-refractivity contribution in [3.8, 4) is 29.4 Å². The molecule has 1 aliphatic rings. The molecule has 5 heteroatoms. The van der Waals surface area contributed by atoms with Gasteiger partial charge in [0.05, 0.1) is 28.9 Å². The third-order valence-corrected chi connectivity index (χ3v) is 3.62. The van der Waals surface area contributed by atoms with Gasteiger partial charge in [0, 0.05) is 5.56 Å². The minimum Gasteiger partial charge on any atom is -0.486 e. The van der Waals surface area contributed by atoms with Crippen molar-refractivity contribution in [1.82, 2.24) is 0 Å². The fraction of sp³-hybridized carbons (Fsp3) is 0.300. The van der Waals surface area contributed by atoms with Gasteiger partial charge < -0.3 is 14.2 Å². The highest BCUT2D eigenvalue weighted by Gasteiger charge is 2.31. The Morgan fingerprint density at radius 1 is 1.08 bits per heavy atom. The van der Waals surface area contributed by atoms with Gasteiger partial charge >= 0.3 is 0 Å². The van der Waals surface area contributed by atoms with Crippen LogP contribution in [0.25, 0.3) is 0 Å². The molecule has 2 aromatic rings. The van der Waals surface area contributed by atoms with Gasteiger partial charge in [0.1, 0.15) is 18.5 Å². The third kappa shape index (κ3) is 3.74. The molecule has 5 nitrogen and oxygen atoms in total. The molecule has 0 saturated carbocycles. The summed E-state index contributed by atoms with van der Waals surface area (Å²) in [6.07, 6.45) is -0.154. The molecular weight excluding hydrogens is 316 g/mol. The minimum absolute atomic E-state index is 0.154. The van der Waals surface area contributed by atoms with Crippen molar-refractivity contribution in [2.24, 2.45) is 0 Å². The molecule has 0 aliphatic carbocycles. The summed E-state index contributed by atoms with van der Waals surface area (Å²) in [7, 11) is 0. The molecule has 0 N–H and O–H groups in total. The Hall–Kier alpha value is -3.02. The van der Waals surface area contributed by atoms with Gasteiger partial charge in [0.2, 0.25) is 0 Å². The molecule has 1 aliphatic heterocycles. The summed E-state index contributed by atoms with van der Waals surface area (Å²) >= 11 is 0. The molecule has 3 rings (SSSR count). The number of nitrogens with zero attached hydrogens (tertiary/aromatic N) is 2. The number of benzene rings is 2. The van der Waals surface area contributed by atoms with Crippen LogP contribution in [0.2, 0.25) is 0 Å². The second-order valence-corrected chi connectivity index (χ2v) is 6.78. The fourth-order valence-corrected chi connectivity index (χ4v) is 2.71. The number of hydrogen-bond acceptors (Lipinski definition) is 5. The lowest BCUT2D eigenvalue weighted by molar-refractivity contribution is -0.0672. The zero-order valence-electron chi connectivity index (χ0n) is 14.4. The predicted octanol–water partition coefficient (Wildman–Crippen LogP) is 4.47. The van der Waals surface area contributed by atoms with E-state index < -0.39 is 0 Å². The molecule has 1 atom stereocenters. The maximum Gasteiger partial charge on any atom is 0.169 e. The van der Waals surface area contributed by atoms with Gasteiger partial charge in [-0.1, -0.05) is 12.1 Å². The van der Waals surface area contributed by atoms with Crippen molar-refractivity contribution in [3.05, 3.63) is 53.1 Å². The Balaban J connectivity index is 1.92. The summed E-state index contributed by atoms with van der Waals surface area (Å²) in [5.41, 5.74) is 1.40. The molecule has 1 heterocycles. The smallest absolute Gasteiger partial charge is 0.169 e. The lowest BCUT2D eigenvalue weighted by atomic mass is 10.1. The average Bonchev–Trinajstić information content (AvgIpc) is 2.96. The number of hydrogen-bond donors (Lipinski definition) is 0. The standard InChI is InChI=1S/C20H18N2O3/c1-20(2,3)25-18-12-23-19-16(18)5-4-6-17(19)24-15-8-13(10-21)7-14(9-15)11-22/h4-9,18H,12H2,1-3H3/t18-/m1/s1. The van der Waals surface area contributed by atoms with Gasteiger partial charge in [-0.2, -0.15) is 10.5 Å². The molecule has 126 valence electrons. The summed E-state index contributed by atoms with van der Waals surface area (Å²) in [6.45, 7) is 6.43. The third-order valence-electron chi connectivity index (χ3n) is 3.62. The molecule has 0 aromatic heterocycles. The van der Waals surface area contributed by atoms with Crippen LogP contribution in [-0.2, 0) is 4.74 Å². The van der Waals surface area contributed by atoms with E-state index in [-0.39, 0.29) is 11.7 Å². The Kier molecular flexibility index (Phi) is 4.35. The van der Waals surface area contributed by atoms with Gasteiger partial charge in [-0.25, -0.2) is 0 Å². The number of para-hydroxylation sites is 1. The van der Waals surface area contributed by atoms with Crippen molar-refractivity contribution >= 4 is 0 Å².